The van der Waals surface area contributed by atoms with Crippen molar-refractivity contribution < 1.29 is 4.79 Å². The number of aromatic nitrogens is 2. The summed E-state index contributed by atoms with van der Waals surface area (Å²) in [5, 5.41) is 16.5. The quantitative estimate of drug-likeness (QED) is 0.755. The minimum absolute atomic E-state index is 0.0401. The molecule has 0 unspecified atom stereocenters. The Morgan fingerprint density at radius 1 is 1.23 bits per heavy atom. The van der Waals surface area contributed by atoms with E-state index in [9.17, 15) is 4.79 Å². The van der Waals surface area contributed by atoms with Gasteiger partial charge in [0.1, 0.15) is 5.01 Å². The number of amides is 1. The molecule has 1 amide bonds. The number of nitrogens with zero attached hydrogens (tertiary/aromatic N) is 2. The highest BCUT2D eigenvalue weighted by Crippen LogP contribution is 2.29. The minimum atomic E-state index is -0.172. The monoisotopic (exact) mass is 329 g/mol. The van der Waals surface area contributed by atoms with E-state index in [2.05, 4.69) is 15.5 Å². The lowest BCUT2D eigenvalue weighted by Crippen LogP contribution is -2.20. The fourth-order valence-corrected chi connectivity index (χ4v) is 3.68. The number of hydrogen-bond donors (Lipinski definition) is 1. The van der Waals surface area contributed by atoms with Crippen LogP contribution in [0.4, 0.5) is 5.13 Å². The van der Waals surface area contributed by atoms with Crippen LogP contribution < -0.4 is 5.32 Å². The van der Waals surface area contributed by atoms with Gasteiger partial charge < -0.3 is 0 Å². The van der Waals surface area contributed by atoms with Gasteiger partial charge in [-0.15, -0.1) is 10.2 Å². The van der Waals surface area contributed by atoms with Gasteiger partial charge in [0.05, 0.1) is 5.92 Å². The zero-order chi connectivity index (χ0) is 15.4. The van der Waals surface area contributed by atoms with Crippen molar-refractivity contribution in [3.8, 4) is 10.6 Å². The zero-order valence-electron chi connectivity index (χ0n) is 12.0. The first-order valence-corrected chi connectivity index (χ1v) is 8.75. The summed E-state index contributed by atoms with van der Waals surface area (Å²) in [7, 11) is 0. The van der Waals surface area contributed by atoms with E-state index in [4.69, 9.17) is 0 Å². The maximum Gasteiger partial charge on any atom is 0.233 e. The van der Waals surface area contributed by atoms with Crippen LogP contribution in [0.3, 0.4) is 0 Å². The van der Waals surface area contributed by atoms with Gasteiger partial charge in [-0.1, -0.05) is 48.6 Å². The Hall–Kier alpha value is -2.05. The third-order valence-electron chi connectivity index (χ3n) is 3.35. The van der Waals surface area contributed by atoms with Crippen LogP contribution in [0.2, 0.25) is 0 Å². The standard InChI is InChI=1S/C16H15N3OS2/c1-2-13(11-6-4-3-5-7-11)14(20)17-16-19-18-15(22-16)12-8-9-21-10-12/h3-10,13H,2H2,1H3,(H,17,19,20)/t13-/m1/s1. The lowest BCUT2D eigenvalue weighted by Gasteiger charge is -2.13. The van der Waals surface area contributed by atoms with Gasteiger partial charge in [-0.2, -0.15) is 11.3 Å². The first-order chi connectivity index (χ1) is 10.8. The Morgan fingerprint density at radius 3 is 2.73 bits per heavy atom. The minimum Gasteiger partial charge on any atom is -0.300 e. The molecule has 1 atom stereocenters. The molecule has 3 aromatic rings. The zero-order valence-corrected chi connectivity index (χ0v) is 13.7. The summed E-state index contributed by atoms with van der Waals surface area (Å²) in [6, 6.07) is 11.8. The highest BCUT2D eigenvalue weighted by Gasteiger charge is 2.20. The number of thiophene rings is 1. The maximum atomic E-state index is 12.5. The van der Waals surface area contributed by atoms with Crippen LogP contribution in [0.5, 0.6) is 0 Å². The molecule has 0 spiro atoms. The summed E-state index contributed by atoms with van der Waals surface area (Å²) >= 11 is 3.01. The van der Waals surface area contributed by atoms with Crippen LogP contribution in [0.15, 0.2) is 47.2 Å². The molecule has 1 aromatic carbocycles. The first kappa shape index (κ1) is 14.9. The fourth-order valence-electron chi connectivity index (χ4n) is 2.23. The van der Waals surface area contributed by atoms with Gasteiger partial charge in [0, 0.05) is 10.9 Å². The number of benzene rings is 1. The van der Waals surface area contributed by atoms with Crippen molar-refractivity contribution in [2.45, 2.75) is 19.3 Å². The molecule has 0 aliphatic carbocycles. The average Bonchev–Trinajstić information content (AvgIpc) is 3.20. The Morgan fingerprint density at radius 2 is 2.05 bits per heavy atom. The molecule has 6 heteroatoms. The molecular weight excluding hydrogens is 314 g/mol. The Kier molecular flexibility index (Phi) is 4.60. The second-order valence-electron chi connectivity index (χ2n) is 4.79. The van der Waals surface area contributed by atoms with E-state index in [1.54, 1.807) is 11.3 Å². The van der Waals surface area contributed by atoms with Crippen molar-refractivity contribution in [2.75, 3.05) is 5.32 Å². The van der Waals surface area contributed by atoms with Crippen molar-refractivity contribution in [3.63, 3.8) is 0 Å². The average molecular weight is 329 g/mol. The van der Waals surface area contributed by atoms with Crippen molar-refractivity contribution in [3.05, 3.63) is 52.7 Å². The molecule has 0 radical (unpaired) electrons. The molecule has 2 aromatic heterocycles. The Balaban J connectivity index is 1.73. The molecule has 0 aliphatic heterocycles. The van der Waals surface area contributed by atoms with E-state index in [1.807, 2.05) is 54.1 Å². The van der Waals surface area contributed by atoms with Crippen LogP contribution in [0.1, 0.15) is 24.8 Å². The summed E-state index contributed by atoms with van der Waals surface area (Å²) in [6.45, 7) is 2.01. The summed E-state index contributed by atoms with van der Waals surface area (Å²) in [4.78, 5) is 12.5. The molecule has 0 saturated carbocycles. The molecule has 3 rings (SSSR count). The van der Waals surface area contributed by atoms with E-state index in [0.29, 0.717) is 5.13 Å². The molecule has 112 valence electrons. The predicted molar refractivity (Wildman–Crippen MR) is 91.3 cm³/mol. The summed E-state index contributed by atoms with van der Waals surface area (Å²) < 4.78 is 0. The van der Waals surface area contributed by atoms with E-state index in [-0.39, 0.29) is 11.8 Å². The Labute approximate surface area is 136 Å². The lowest BCUT2D eigenvalue weighted by molar-refractivity contribution is -0.117. The number of nitrogens with one attached hydrogen (secondary N) is 1. The lowest BCUT2D eigenvalue weighted by atomic mass is 9.96. The van der Waals surface area contributed by atoms with Gasteiger partial charge in [-0.25, -0.2) is 0 Å². The number of hydrogen-bond acceptors (Lipinski definition) is 5. The third-order valence-corrected chi connectivity index (χ3v) is 4.92. The number of carbonyl (C=O) groups excluding carboxylic acids is 1. The van der Waals surface area contributed by atoms with Crippen molar-refractivity contribution in [1.82, 2.24) is 10.2 Å². The predicted octanol–water partition coefficient (Wildman–Crippen LogP) is 4.40. The molecule has 22 heavy (non-hydrogen) atoms. The summed E-state index contributed by atoms with van der Waals surface area (Å²) in [5.74, 6) is -0.212. The SMILES string of the molecule is CC[C@@H](C(=O)Nc1nnc(-c2ccsc2)s1)c1ccccc1. The molecule has 0 bridgehead atoms. The van der Waals surface area contributed by atoms with Crippen molar-refractivity contribution >= 4 is 33.7 Å². The molecule has 0 saturated heterocycles. The number of anilines is 1. The summed E-state index contributed by atoms with van der Waals surface area (Å²) in [6.07, 6.45) is 0.742. The van der Waals surface area contributed by atoms with E-state index in [1.165, 1.54) is 11.3 Å². The highest BCUT2D eigenvalue weighted by atomic mass is 32.1. The third kappa shape index (κ3) is 3.23. The largest absolute Gasteiger partial charge is 0.300 e. The maximum absolute atomic E-state index is 12.5. The van der Waals surface area contributed by atoms with Gasteiger partial charge in [0.15, 0.2) is 0 Å². The van der Waals surface area contributed by atoms with Gasteiger partial charge in [0.25, 0.3) is 0 Å². The van der Waals surface area contributed by atoms with Crippen LogP contribution in [0.25, 0.3) is 10.6 Å². The van der Waals surface area contributed by atoms with Crippen molar-refractivity contribution in [2.24, 2.45) is 0 Å². The van der Waals surface area contributed by atoms with E-state index in [0.717, 1.165) is 22.6 Å². The molecule has 1 N–H and O–H groups in total. The Bertz CT molecular complexity index is 738. The van der Waals surface area contributed by atoms with E-state index < -0.39 is 0 Å². The van der Waals surface area contributed by atoms with Gasteiger partial charge in [0.2, 0.25) is 11.0 Å². The molecule has 4 nitrogen and oxygen atoms in total. The van der Waals surface area contributed by atoms with E-state index >= 15 is 0 Å². The summed E-state index contributed by atoms with van der Waals surface area (Å²) in [5.41, 5.74) is 2.06. The van der Waals surface area contributed by atoms with Crippen molar-refractivity contribution in [1.29, 1.82) is 0 Å². The van der Waals surface area contributed by atoms with Crippen LogP contribution >= 0.6 is 22.7 Å². The fraction of sp³-hybridized carbons (Fsp3) is 0.188. The van der Waals surface area contributed by atoms with Crippen LogP contribution in [0, 0.1) is 0 Å². The highest BCUT2D eigenvalue weighted by molar-refractivity contribution is 7.19. The number of carbonyl (C=O) groups is 1. The molecule has 0 fully saturated rings. The van der Waals surface area contributed by atoms with Gasteiger partial charge >= 0.3 is 0 Å². The van der Waals surface area contributed by atoms with Gasteiger partial charge in [-0.05, 0) is 23.4 Å². The topological polar surface area (TPSA) is 54.9 Å². The second kappa shape index (κ2) is 6.81. The van der Waals surface area contributed by atoms with Gasteiger partial charge in [-0.3, -0.25) is 10.1 Å². The molecule has 2 heterocycles. The normalized spacial score (nSPS) is 12.0. The second-order valence-corrected chi connectivity index (χ2v) is 6.54. The smallest absolute Gasteiger partial charge is 0.233 e. The first-order valence-electron chi connectivity index (χ1n) is 7.00. The number of rotatable bonds is 5. The molecule has 0 aliphatic rings. The van der Waals surface area contributed by atoms with Crippen LogP contribution in [-0.2, 0) is 4.79 Å². The molecular formula is C16H15N3OS2. The van der Waals surface area contributed by atoms with Crippen LogP contribution in [-0.4, -0.2) is 16.1 Å².